The highest BCUT2D eigenvalue weighted by atomic mass is 35.5. The lowest BCUT2D eigenvalue weighted by Crippen LogP contribution is -2.24. The first kappa shape index (κ1) is 27.3. The number of rotatable bonds is 7. The number of hydrogen-bond acceptors (Lipinski definition) is 3. The molecule has 0 saturated heterocycles. The maximum Gasteiger partial charge on any atom is 0.276 e. The number of alkyl halides is 2. The average Bonchev–Trinajstić information content (AvgIpc) is 3.41. The molecule has 0 aliphatic heterocycles. The Morgan fingerprint density at radius 2 is 1.56 bits per heavy atom. The Morgan fingerprint density at radius 1 is 0.917 bits per heavy atom. The number of halogens is 7. The molecule has 1 fully saturated rings. The number of amides is 2. The monoisotopic (exact) mass is 608 g/mol. The smallest absolute Gasteiger partial charge is 0.276 e. The zero-order valence-electron chi connectivity index (χ0n) is 17.9. The van der Waals surface area contributed by atoms with Crippen molar-refractivity contribution in [2.24, 2.45) is 5.92 Å². The van der Waals surface area contributed by atoms with Crippen LogP contribution < -0.4 is 10.8 Å². The van der Waals surface area contributed by atoms with Crippen molar-refractivity contribution >= 4 is 87.1 Å². The summed E-state index contributed by atoms with van der Waals surface area (Å²) in [6.07, 6.45) is 0. The molecule has 2 atom stereocenters. The van der Waals surface area contributed by atoms with E-state index in [2.05, 4.69) is 10.8 Å². The molecule has 0 heterocycles. The standard InChI is InChI=1S/C24H15Cl6FN2O3/c25-16-6-5-14(9-15(16)22(34)33-36-10-11-1-3-13(31)4-2-11)32-23(35)20-19(24(20,29)30)12-7-17(26)21(28)18(27)8-12/h1-9,19-20H,10H2,(H,32,35)(H,33,34). The number of hydroxylamine groups is 1. The van der Waals surface area contributed by atoms with Gasteiger partial charge in [-0.15, -0.1) is 23.2 Å². The maximum atomic E-state index is 13.0. The Kier molecular flexibility index (Phi) is 8.27. The number of anilines is 1. The van der Waals surface area contributed by atoms with Gasteiger partial charge in [-0.2, -0.15) is 0 Å². The first-order valence-electron chi connectivity index (χ1n) is 10.3. The summed E-state index contributed by atoms with van der Waals surface area (Å²) >= 11 is 37.2. The normalized spacial score (nSPS) is 18.0. The van der Waals surface area contributed by atoms with Crippen LogP contribution in [0.4, 0.5) is 10.1 Å². The Hall–Kier alpha value is -1.77. The van der Waals surface area contributed by atoms with Crippen molar-refractivity contribution in [2.45, 2.75) is 16.9 Å². The quantitative estimate of drug-likeness (QED) is 0.163. The van der Waals surface area contributed by atoms with Crippen LogP contribution in [0.1, 0.15) is 27.4 Å². The molecule has 3 aromatic carbocycles. The van der Waals surface area contributed by atoms with Gasteiger partial charge in [0, 0.05) is 11.6 Å². The molecule has 1 aliphatic carbocycles. The highest BCUT2D eigenvalue weighted by Gasteiger charge is 2.67. The van der Waals surface area contributed by atoms with E-state index in [1.807, 2.05) is 0 Å². The largest absolute Gasteiger partial charge is 0.326 e. The van der Waals surface area contributed by atoms with Gasteiger partial charge in [0.1, 0.15) is 10.2 Å². The molecule has 2 unspecified atom stereocenters. The van der Waals surface area contributed by atoms with Crippen LogP contribution in [0, 0.1) is 11.7 Å². The van der Waals surface area contributed by atoms with E-state index in [9.17, 15) is 14.0 Å². The van der Waals surface area contributed by atoms with Gasteiger partial charge in [0.15, 0.2) is 0 Å². The summed E-state index contributed by atoms with van der Waals surface area (Å²) in [6.45, 7) is 0.00932. The molecule has 5 nitrogen and oxygen atoms in total. The average molecular weight is 611 g/mol. The second-order valence-corrected chi connectivity index (χ2v) is 11.0. The predicted octanol–water partition coefficient (Wildman–Crippen LogP) is 7.83. The van der Waals surface area contributed by atoms with E-state index in [-0.39, 0.29) is 43.8 Å². The summed E-state index contributed by atoms with van der Waals surface area (Å²) in [5, 5.41) is 3.44. The van der Waals surface area contributed by atoms with Crippen molar-refractivity contribution in [2.75, 3.05) is 5.32 Å². The number of carbonyl (C=O) groups is 2. The molecule has 1 saturated carbocycles. The van der Waals surface area contributed by atoms with Crippen LogP contribution in [0.2, 0.25) is 20.1 Å². The molecule has 4 rings (SSSR count). The van der Waals surface area contributed by atoms with Crippen LogP contribution in [0.15, 0.2) is 54.6 Å². The molecule has 2 N–H and O–H groups in total. The summed E-state index contributed by atoms with van der Waals surface area (Å²) in [5.74, 6) is -2.90. The topological polar surface area (TPSA) is 67.4 Å². The molecule has 0 spiro atoms. The lowest BCUT2D eigenvalue weighted by atomic mass is 10.1. The van der Waals surface area contributed by atoms with E-state index in [1.165, 1.54) is 42.5 Å². The van der Waals surface area contributed by atoms with E-state index < -0.39 is 28.0 Å². The Bertz CT molecular complexity index is 1310. The molecular weight excluding hydrogens is 596 g/mol. The number of hydrogen-bond donors (Lipinski definition) is 2. The minimum Gasteiger partial charge on any atom is -0.326 e. The zero-order chi connectivity index (χ0) is 26.2. The first-order valence-corrected chi connectivity index (χ1v) is 12.5. The van der Waals surface area contributed by atoms with Crippen molar-refractivity contribution in [1.29, 1.82) is 0 Å². The molecular formula is C24H15Cl6FN2O3. The summed E-state index contributed by atoms with van der Waals surface area (Å²) in [5.41, 5.74) is 3.82. The molecule has 2 amide bonds. The van der Waals surface area contributed by atoms with E-state index in [0.717, 1.165) is 0 Å². The van der Waals surface area contributed by atoms with Gasteiger partial charge in [0.25, 0.3) is 5.91 Å². The molecule has 188 valence electrons. The fourth-order valence-corrected chi connectivity index (χ4v) is 5.28. The SMILES string of the molecule is O=C(NOCc1ccc(F)cc1)c1cc(NC(=O)C2C(c3cc(Cl)c(Cl)c(Cl)c3)C2(Cl)Cl)ccc1Cl. The van der Waals surface area contributed by atoms with Gasteiger partial charge in [0.05, 0.1) is 38.2 Å². The maximum absolute atomic E-state index is 13.0. The predicted molar refractivity (Wildman–Crippen MR) is 141 cm³/mol. The van der Waals surface area contributed by atoms with Crippen molar-refractivity contribution in [3.63, 3.8) is 0 Å². The number of benzene rings is 3. The fraction of sp³-hybridized carbons (Fsp3) is 0.167. The Balaban J connectivity index is 1.42. The van der Waals surface area contributed by atoms with Crippen LogP contribution in [-0.4, -0.2) is 16.1 Å². The molecule has 0 radical (unpaired) electrons. The van der Waals surface area contributed by atoms with Crippen LogP contribution in [0.5, 0.6) is 0 Å². The van der Waals surface area contributed by atoms with Crippen molar-refractivity contribution in [3.05, 3.63) is 97.2 Å². The van der Waals surface area contributed by atoms with Gasteiger partial charge in [-0.25, -0.2) is 9.87 Å². The van der Waals surface area contributed by atoms with Crippen molar-refractivity contribution < 1.29 is 18.8 Å². The van der Waals surface area contributed by atoms with Crippen LogP contribution in [-0.2, 0) is 16.2 Å². The molecule has 12 heteroatoms. The zero-order valence-corrected chi connectivity index (χ0v) is 22.5. The molecule has 1 aliphatic rings. The summed E-state index contributed by atoms with van der Waals surface area (Å²) in [7, 11) is 0. The van der Waals surface area contributed by atoms with Crippen LogP contribution >= 0.6 is 69.6 Å². The molecule has 36 heavy (non-hydrogen) atoms. The van der Waals surface area contributed by atoms with Crippen LogP contribution in [0.3, 0.4) is 0 Å². The summed E-state index contributed by atoms with van der Waals surface area (Å²) in [4.78, 5) is 30.7. The van der Waals surface area contributed by atoms with Gasteiger partial charge in [-0.05, 0) is 53.6 Å². The lowest BCUT2D eigenvalue weighted by molar-refractivity contribution is -0.117. The van der Waals surface area contributed by atoms with Crippen molar-refractivity contribution in [1.82, 2.24) is 5.48 Å². The summed E-state index contributed by atoms with van der Waals surface area (Å²) in [6, 6.07) is 13.1. The first-order chi connectivity index (χ1) is 17.0. The third kappa shape index (κ3) is 5.86. The second-order valence-electron chi connectivity index (χ2n) is 7.96. The summed E-state index contributed by atoms with van der Waals surface area (Å²) < 4.78 is 11.6. The van der Waals surface area contributed by atoms with Gasteiger partial charge in [-0.1, -0.05) is 58.5 Å². The van der Waals surface area contributed by atoms with Gasteiger partial charge in [-0.3, -0.25) is 14.4 Å². The van der Waals surface area contributed by atoms with Crippen molar-refractivity contribution in [3.8, 4) is 0 Å². The molecule has 0 bridgehead atoms. The minimum atomic E-state index is -1.40. The number of carbonyl (C=O) groups excluding carboxylic acids is 2. The molecule has 3 aromatic rings. The van der Waals surface area contributed by atoms with Crippen LogP contribution in [0.25, 0.3) is 0 Å². The fourth-order valence-electron chi connectivity index (χ4n) is 3.64. The lowest BCUT2D eigenvalue weighted by Gasteiger charge is -2.10. The second kappa shape index (κ2) is 10.9. The Labute approximate surface area is 235 Å². The van der Waals surface area contributed by atoms with E-state index in [4.69, 9.17) is 74.4 Å². The minimum absolute atomic E-state index is 0.00932. The van der Waals surface area contributed by atoms with E-state index in [0.29, 0.717) is 11.1 Å². The Morgan fingerprint density at radius 3 is 2.19 bits per heavy atom. The highest BCUT2D eigenvalue weighted by Crippen LogP contribution is 2.65. The van der Waals surface area contributed by atoms with E-state index >= 15 is 0 Å². The molecule has 0 aromatic heterocycles. The van der Waals surface area contributed by atoms with Gasteiger partial charge >= 0.3 is 0 Å². The highest BCUT2D eigenvalue weighted by molar-refractivity contribution is 6.54. The third-order valence-corrected chi connectivity index (χ3v) is 7.96. The van der Waals surface area contributed by atoms with Gasteiger partial charge < -0.3 is 5.32 Å². The van der Waals surface area contributed by atoms with E-state index in [1.54, 1.807) is 12.1 Å². The van der Waals surface area contributed by atoms with Gasteiger partial charge in [0.2, 0.25) is 5.91 Å². The third-order valence-electron chi connectivity index (χ3n) is 5.50. The number of nitrogens with one attached hydrogen (secondary N) is 2.